The van der Waals surface area contributed by atoms with Gasteiger partial charge in [0.2, 0.25) is 0 Å². The van der Waals surface area contributed by atoms with Gasteiger partial charge < -0.3 is 10.4 Å². The van der Waals surface area contributed by atoms with Crippen LogP contribution in [0, 0.1) is 0 Å². The second kappa shape index (κ2) is 6.79. The molecule has 4 nitrogen and oxygen atoms in total. The number of hydrogen-bond acceptors (Lipinski definition) is 5. The number of nitrogens with one attached hydrogen (secondary N) is 1. The lowest BCUT2D eigenvalue weighted by Gasteiger charge is -2.14. The first-order chi connectivity index (χ1) is 9.94. The van der Waals surface area contributed by atoms with Crippen molar-refractivity contribution in [1.29, 1.82) is 0 Å². The molecule has 2 rings (SSSR count). The van der Waals surface area contributed by atoms with E-state index in [0.29, 0.717) is 10.0 Å². The van der Waals surface area contributed by atoms with Gasteiger partial charge in [0.1, 0.15) is 6.10 Å². The molecule has 0 radical (unpaired) electrons. The monoisotopic (exact) mass is 345 g/mol. The summed E-state index contributed by atoms with van der Waals surface area (Å²) in [7, 11) is -3.30. The van der Waals surface area contributed by atoms with Crippen LogP contribution in [0.25, 0.3) is 0 Å². The largest absolute Gasteiger partial charge is 0.386 e. The van der Waals surface area contributed by atoms with Crippen LogP contribution in [0.15, 0.2) is 41.3 Å². The Labute approximate surface area is 133 Å². The summed E-state index contributed by atoms with van der Waals surface area (Å²) in [6.45, 7) is 1.82. The Morgan fingerprint density at radius 2 is 2.00 bits per heavy atom. The SMILES string of the molecule is CCS(=O)(=O)c1ccccc1NC[C@H](O)c1ccc(Cl)s1. The molecule has 0 saturated heterocycles. The predicted molar refractivity (Wildman–Crippen MR) is 86.9 cm³/mol. The summed E-state index contributed by atoms with van der Waals surface area (Å²) in [6.07, 6.45) is -0.736. The Morgan fingerprint density at radius 1 is 1.29 bits per heavy atom. The first-order valence-electron chi connectivity index (χ1n) is 6.43. The fourth-order valence-electron chi connectivity index (χ4n) is 1.85. The van der Waals surface area contributed by atoms with Gasteiger partial charge in [0, 0.05) is 11.4 Å². The Bertz CT molecular complexity index is 713. The number of thiophene rings is 1. The molecule has 0 aliphatic rings. The van der Waals surface area contributed by atoms with Gasteiger partial charge in [-0.05, 0) is 24.3 Å². The van der Waals surface area contributed by atoms with Gasteiger partial charge in [-0.25, -0.2) is 8.42 Å². The van der Waals surface area contributed by atoms with Gasteiger partial charge in [-0.3, -0.25) is 0 Å². The number of anilines is 1. The van der Waals surface area contributed by atoms with Crippen LogP contribution in [-0.2, 0) is 9.84 Å². The maximum absolute atomic E-state index is 12.0. The van der Waals surface area contributed by atoms with Crippen molar-refractivity contribution in [2.45, 2.75) is 17.9 Å². The quantitative estimate of drug-likeness (QED) is 0.842. The maximum Gasteiger partial charge on any atom is 0.180 e. The second-order valence-electron chi connectivity index (χ2n) is 4.44. The van der Waals surface area contributed by atoms with E-state index in [1.807, 2.05) is 0 Å². The molecule has 1 aromatic carbocycles. The number of sulfone groups is 1. The molecule has 21 heavy (non-hydrogen) atoms. The minimum atomic E-state index is -3.30. The molecular formula is C14H16ClNO3S2. The predicted octanol–water partition coefficient (Wildman–Crippen LogP) is 3.34. The number of rotatable bonds is 6. The number of para-hydroxylation sites is 1. The molecule has 7 heteroatoms. The van der Waals surface area contributed by atoms with E-state index in [2.05, 4.69) is 5.32 Å². The molecule has 1 aromatic heterocycles. The highest BCUT2D eigenvalue weighted by Gasteiger charge is 2.17. The Morgan fingerprint density at radius 3 is 2.62 bits per heavy atom. The normalized spacial score (nSPS) is 13.1. The van der Waals surface area contributed by atoms with E-state index in [-0.39, 0.29) is 17.2 Å². The molecule has 1 atom stereocenters. The summed E-state index contributed by atoms with van der Waals surface area (Å²) in [5.74, 6) is 0.0365. The third-order valence-electron chi connectivity index (χ3n) is 3.01. The molecule has 0 spiro atoms. The number of benzene rings is 1. The molecule has 1 heterocycles. The van der Waals surface area contributed by atoms with Gasteiger partial charge in [0.15, 0.2) is 9.84 Å². The summed E-state index contributed by atoms with van der Waals surface area (Å²) in [6, 6.07) is 10.2. The summed E-state index contributed by atoms with van der Waals surface area (Å²) in [5, 5.41) is 13.1. The molecular weight excluding hydrogens is 330 g/mol. The van der Waals surface area contributed by atoms with E-state index < -0.39 is 15.9 Å². The molecule has 0 amide bonds. The molecule has 2 N–H and O–H groups in total. The number of aliphatic hydroxyl groups excluding tert-OH is 1. The Balaban J connectivity index is 2.14. The zero-order chi connectivity index (χ0) is 15.5. The van der Waals surface area contributed by atoms with Crippen LogP contribution in [-0.4, -0.2) is 25.8 Å². The van der Waals surface area contributed by atoms with E-state index in [9.17, 15) is 13.5 Å². The summed E-state index contributed by atoms with van der Waals surface area (Å²) in [4.78, 5) is 0.993. The van der Waals surface area contributed by atoms with E-state index in [1.165, 1.54) is 11.3 Å². The minimum absolute atomic E-state index is 0.0365. The first-order valence-corrected chi connectivity index (χ1v) is 9.27. The van der Waals surface area contributed by atoms with Crippen LogP contribution in [0.4, 0.5) is 5.69 Å². The lowest BCUT2D eigenvalue weighted by atomic mass is 10.2. The first kappa shape index (κ1) is 16.3. The molecule has 0 aliphatic heterocycles. The van der Waals surface area contributed by atoms with Crippen LogP contribution in [0.2, 0.25) is 4.34 Å². The third-order valence-corrected chi connectivity index (χ3v) is 6.13. The van der Waals surface area contributed by atoms with Crippen LogP contribution in [0.1, 0.15) is 17.9 Å². The molecule has 0 unspecified atom stereocenters. The van der Waals surface area contributed by atoms with Crippen LogP contribution >= 0.6 is 22.9 Å². The minimum Gasteiger partial charge on any atom is -0.386 e. The van der Waals surface area contributed by atoms with Gasteiger partial charge >= 0.3 is 0 Å². The third kappa shape index (κ3) is 3.97. The van der Waals surface area contributed by atoms with Crippen molar-refractivity contribution in [1.82, 2.24) is 0 Å². The highest BCUT2D eigenvalue weighted by molar-refractivity contribution is 7.91. The topological polar surface area (TPSA) is 66.4 Å². The van der Waals surface area contributed by atoms with Crippen molar-refractivity contribution in [3.63, 3.8) is 0 Å². The maximum atomic E-state index is 12.0. The highest BCUT2D eigenvalue weighted by atomic mass is 35.5. The average Bonchev–Trinajstić information content (AvgIpc) is 2.91. The molecule has 0 saturated carbocycles. The summed E-state index contributed by atoms with van der Waals surface area (Å²) in [5.41, 5.74) is 0.501. The van der Waals surface area contributed by atoms with Crippen molar-refractivity contribution in [2.24, 2.45) is 0 Å². The van der Waals surface area contributed by atoms with Crippen LogP contribution in [0.5, 0.6) is 0 Å². The van der Waals surface area contributed by atoms with Crippen molar-refractivity contribution < 1.29 is 13.5 Å². The van der Waals surface area contributed by atoms with Gasteiger partial charge in [-0.2, -0.15) is 0 Å². The van der Waals surface area contributed by atoms with Gasteiger partial charge in [-0.1, -0.05) is 30.7 Å². The number of aliphatic hydroxyl groups is 1. The lowest BCUT2D eigenvalue weighted by molar-refractivity contribution is 0.195. The van der Waals surface area contributed by atoms with Crippen LogP contribution in [0.3, 0.4) is 0 Å². The fraction of sp³-hybridized carbons (Fsp3) is 0.286. The molecule has 0 aliphatic carbocycles. The molecule has 114 valence electrons. The summed E-state index contributed by atoms with van der Waals surface area (Å²) < 4.78 is 24.7. The van der Waals surface area contributed by atoms with E-state index in [1.54, 1.807) is 43.3 Å². The van der Waals surface area contributed by atoms with Crippen molar-refractivity contribution >= 4 is 38.5 Å². The van der Waals surface area contributed by atoms with Crippen molar-refractivity contribution in [3.8, 4) is 0 Å². The smallest absolute Gasteiger partial charge is 0.180 e. The number of hydrogen-bond donors (Lipinski definition) is 2. The fourth-order valence-corrected chi connectivity index (χ4v) is 3.97. The average molecular weight is 346 g/mol. The standard InChI is InChI=1S/C14H16ClNO3S2/c1-2-21(18,19)13-6-4-3-5-10(13)16-9-11(17)12-7-8-14(15)20-12/h3-8,11,16-17H,2,9H2,1H3/t11-/m0/s1. The highest BCUT2D eigenvalue weighted by Crippen LogP contribution is 2.28. The Kier molecular flexibility index (Phi) is 5.27. The van der Waals surface area contributed by atoms with E-state index >= 15 is 0 Å². The lowest BCUT2D eigenvalue weighted by Crippen LogP contribution is -2.14. The van der Waals surface area contributed by atoms with Gasteiger partial charge in [0.05, 0.1) is 20.7 Å². The number of halogens is 1. The molecule has 0 bridgehead atoms. The van der Waals surface area contributed by atoms with E-state index in [0.717, 1.165) is 4.88 Å². The van der Waals surface area contributed by atoms with Gasteiger partial charge in [-0.15, -0.1) is 11.3 Å². The van der Waals surface area contributed by atoms with Gasteiger partial charge in [0.25, 0.3) is 0 Å². The second-order valence-corrected chi connectivity index (χ2v) is 8.43. The zero-order valence-corrected chi connectivity index (χ0v) is 13.8. The molecule has 0 fully saturated rings. The van der Waals surface area contributed by atoms with E-state index in [4.69, 9.17) is 11.6 Å². The van der Waals surface area contributed by atoms with Crippen LogP contribution < -0.4 is 5.32 Å². The zero-order valence-electron chi connectivity index (χ0n) is 11.4. The van der Waals surface area contributed by atoms with Crippen molar-refractivity contribution in [3.05, 3.63) is 45.6 Å². The molecule has 2 aromatic rings. The van der Waals surface area contributed by atoms with Crippen molar-refractivity contribution in [2.75, 3.05) is 17.6 Å². The summed E-state index contributed by atoms with van der Waals surface area (Å²) >= 11 is 7.14. The Hall–Kier alpha value is -1.08.